The highest BCUT2D eigenvalue weighted by molar-refractivity contribution is 6.20. The van der Waals surface area contributed by atoms with Gasteiger partial charge in [0.25, 0.3) is 0 Å². The molecule has 0 radical (unpaired) electrons. The summed E-state index contributed by atoms with van der Waals surface area (Å²) >= 11 is 5.72. The molecular formula is C13H16ClNO3. The van der Waals surface area contributed by atoms with Crippen LogP contribution in [0.15, 0.2) is 18.2 Å². The Bertz CT molecular complexity index is 483. The standard InChI is InChI=1S/C13H16ClNO3/c1-8-9(11(16)17)5-4-6-10(8)15-12(18)13(2,3)7-14/h4-6H,7H2,1-3H3,(H,15,18)(H,16,17). The summed E-state index contributed by atoms with van der Waals surface area (Å²) in [5, 5.41) is 11.7. The van der Waals surface area contributed by atoms with Crippen molar-refractivity contribution in [2.45, 2.75) is 20.8 Å². The maximum absolute atomic E-state index is 12.0. The van der Waals surface area contributed by atoms with Gasteiger partial charge in [0.2, 0.25) is 5.91 Å². The van der Waals surface area contributed by atoms with E-state index in [0.717, 1.165) is 0 Å². The quantitative estimate of drug-likeness (QED) is 0.826. The van der Waals surface area contributed by atoms with Crippen molar-refractivity contribution >= 4 is 29.2 Å². The number of halogens is 1. The summed E-state index contributed by atoms with van der Waals surface area (Å²) in [6, 6.07) is 4.77. The minimum atomic E-state index is -1.01. The van der Waals surface area contributed by atoms with Crippen LogP contribution in [0.25, 0.3) is 0 Å². The molecule has 0 saturated heterocycles. The van der Waals surface area contributed by atoms with Crippen molar-refractivity contribution in [3.05, 3.63) is 29.3 Å². The molecule has 5 heteroatoms. The third-order valence-electron chi connectivity index (χ3n) is 2.76. The fourth-order valence-corrected chi connectivity index (χ4v) is 1.48. The first-order valence-corrected chi connectivity index (χ1v) is 6.03. The second kappa shape index (κ2) is 5.40. The zero-order valence-electron chi connectivity index (χ0n) is 10.6. The number of hydrogen-bond acceptors (Lipinski definition) is 2. The molecule has 0 aliphatic heterocycles. The smallest absolute Gasteiger partial charge is 0.336 e. The van der Waals surface area contributed by atoms with E-state index >= 15 is 0 Å². The number of alkyl halides is 1. The van der Waals surface area contributed by atoms with E-state index in [2.05, 4.69) is 5.32 Å². The number of carbonyl (C=O) groups is 2. The van der Waals surface area contributed by atoms with E-state index in [1.807, 2.05) is 0 Å². The second-order valence-electron chi connectivity index (χ2n) is 4.75. The van der Waals surface area contributed by atoms with Crippen molar-refractivity contribution in [3.8, 4) is 0 Å². The highest BCUT2D eigenvalue weighted by Gasteiger charge is 2.27. The Balaban J connectivity index is 3.03. The summed E-state index contributed by atoms with van der Waals surface area (Å²) in [4.78, 5) is 22.9. The van der Waals surface area contributed by atoms with Crippen molar-refractivity contribution in [2.24, 2.45) is 5.41 Å². The molecule has 4 nitrogen and oxygen atoms in total. The number of aromatic carboxylic acids is 1. The molecule has 1 amide bonds. The molecule has 98 valence electrons. The second-order valence-corrected chi connectivity index (χ2v) is 5.02. The van der Waals surface area contributed by atoms with E-state index in [0.29, 0.717) is 11.3 Å². The topological polar surface area (TPSA) is 66.4 Å². The van der Waals surface area contributed by atoms with Gasteiger partial charge < -0.3 is 10.4 Å². The Morgan fingerprint density at radius 2 is 2.00 bits per heavy atom. The molecule has 0 atom stereocenters. The number of hydrogen-bond donors (Lipinski definition) is 2. The van der Waals surface area contributed by atoms with Crippen LogP contribution in [0, 0.1) is 12.3 Å². The van der Waals surface area contributed by atoms with Gasteiger partial charge in [0, 0.05) is 11.6 Å². The first kappa shape index (κ1) is 14.5. The summed E-state index contributed by atoms with van der Waals surface area (Å²) in [5.74, 6) is -1.06. The van der Waals surface area contributed by atoms with Gasteiger partial charge in [-0.25, -0.2) is 4.79 Å². The molecule has 1 rings (SSSR count). The largest absolute Gasteiger partial charge is 0.478 e. The lowest BCUT2D eigenvalue weighted by molar-refractivity contribution is -0.122. The van der Waals surface area contributed by atoms with Crippen molar-refractivity contribution in [1.29, 1.82) is 0 Å². The number of benzene rings is 1. The molecule has 0 fully saturated rings. The normalized spacial score (nSPS) is 11.1. The van der Waals surface area contributed by atoms with Crippen LogP contribution in [0.2, 0.25) is 0 Å². The predicted molar refractivity (Wildman–Crippen MR) is 71.3 cm³/mol. The minimum absolute atomic E-state index is 0.177. The van der Waals surface area contributed by atoms with Gasteiger partial charge in [-0.05, 0) is 38.5 Å². The zero-order chi connectivity index (χ0) is 13.9. The van der Waals surface area contributed by atoms with Gasteiger partial charge in [0.05, 0.1) is 11.0 Å². The molecule has 0 spiro atoms. The molecule has 1 aromatic rings. The Morgan fingerprint density at radius 3 is 2.50 bits per heavy atom. The van der Waals surface area contributed by atoms with Crippen LogP contribution in [0.3, 0.4) is 0 Å². The SMILES string of the molecule is Cc1c(NC(=O)C(C)(C)CCl)cccc1C(=O)O. The first-order chi connectivity index (χ1) is 8.29. The van der Waals surface area contributed by atoms with E-state index in [-0.39, 0.29) is 17.4 Å². The van der Waals surface area contributed by atoms with Crippen LogP contribution in [-0.4, -0.2) is 22.9 Å². The van der Waals surface area contributed by atoms with Gasteiger partial charge in [-0.3, -0.25) is 4.79 Å². The molecule has 0 bridgehead atoms. The van der Waals surface area contributed by atoms with E-state index in [9.17, 15) is 9.59 Å². The lowest BCUT2D eigenvalue weighted by atomic mass is 9.94. The number of rotatable bonds is 4. The van der Waals surface area contributed by atoms with Gasteiger partial charge in [0.15, 0.2) is 0 Å². The molecule has 0 unspecified atom stereocenters. The Labute approximate surface area is 111 Å². The summed E-state index contributed by atoms with van der Waals surface area (Å²) in [5.41, 5.74) is 0.506. The number of carboxylic acids is 1. The summed E-state index contributed by atoms with van der Waals surface area (Å²) < 4.78 is 0. The van der Waals surface area contributed by atoms with Crippen LogP contribution in [-0.2, 0) is 4.79 Å². The van der Waals surface area contributed by atoms with Crippen molar-refractivity contribution < 1.29 is 14.7 Å². The van der Waals surface area contributed by atoms with Gasteiger partial charge in [-0.15, -0.1) is 11.6 Å². The number of nitrogens with one attached hydrogen (secondary N) is 1. The van der Waals surface area contributed by atoms with E-state index < -0.39 is 11.4 Å². The Hall–Kier alpha value is -1.55. The Morgan fingerprint density at radius 1 is 1.39 bits per heavy atom. The molecule has 0 aliphatic carbocycles. The van der Waals surface area contributed by atoms with Crippen LogP contribution in [0.4, 0.5) is 5.69 Å². The number of anilines is 1. The molecule has 0 aromatic heterocycles. The number of amides is 1. The zero-order valence-corrected chi connectivity index (χ0v) is 11.3. The van der Waals surface area contributed by atoms with Gasteiger partial charge in [-0.1, -0.05) is 6.07 Å². The van der Waals surface area contributed by atoms with Crippen LogP contribution < -0.4 is 5.32 Å². The lowest BCUT2D eigenvalue weighted by Gasteiger charge is -2.21. The minimum Gasteiger partial charge on any atom is -0.478 e. The maximum atomic E-state index is 12.0. The monoisotopic (exact) mass is 269 g/mol. The molecule has 2 N–H and O–H groups in total. The summed E-state index contributed by atoms with van der Waals surface area (Å²) in [7, 11) is 0. The molecular weight excluding hydrogens is 254 g/mol. The fourth-order valence-electron chi connectivity index (χ4n) is 1.35. The Kier molecular flexibility index (Phi) is 4.35. The first-order valence-electron chi connectivity index (χ1n) is 5.50. The van der Waals surface area contributed by atoms with Crippen LogP contribution in [0.5, 0.6) is 0 Å². The summed E-state index contributed by atoms with van der Waals surface area (Å²) in [6.45, 7) is 5.12. The predicted octanol–water partition coefficient (Wildman–Crippen LogP) is 2.90. The highest BCUT2D eigenvalue weighted by atomic mass is 35.5. The van der Waals surface area contributed by atoms with E-state index in [4.69, 9.17) is 16.7 Å². The molecule has 0 heterocycles. The maximum Gasteiger partial charge on any atom is 0.336 e. The van der Waals surface area contributed by atoms with Crippen LogP contribution >= 0.6 is 11.6 Å². The molecule has 18 heavy (non-hydrogen) atoms. The van der Waals surface area contributed by atoms with Gasteiger partial charge in [0.1, 0.15) is 0 Å². The van der Waals surface area contributed by atoms with Gasteiger partial charge >= 0.3 is 5.97 Å². The summed E-state index contributed by atoms with van der Waals surface area (Å²) in [6.07, 6.45) is 0. The molecule has 0 aliphatic rings. The highest BCUT2D eigenvalue weighted by Crippen LogP contribution is 2.23. The third-order valence-corrected chi connectivity index (χ3v) is 3.43. The average molecular weight is 270 g/mol. The average Bonchev–Trinajstić information content (AvgIpc) is 2.31. The molecule has 0 saturated carbocycles. The number of carboxylic acid groups (broad SMARTS) is 1. The van der Waals surface area contributed by atoms with Crippen LogP contribution in [0.1, 0.15) is 29.8 Å². The van der Waals surface area contributed by atoms with Gasteiger partial charge in [-0.2, -0.15) is 0 Å². The third kappa shape index (κ3) is 3.01. The van der Waals surface area contributed by atoms with E-state index in [1.165, 1.54) is 6.07 Å². The van der Waals surface area contributed by atoms with Crippen molar-refractivity contribution in [2.75, 3.05) is 11.2 Å². The fraction of sp³-hybridized carbons (Fsp3) is 0.385. The number of carbonyl (C=O) groups excluding carboxylic acids is 1. The van der Waals surface area contributed by atoms with E-state index in [1.54, 1.807) is 32.9 Å². The van der Waals surface area contributed by atoms with Crippen molar-refractivity contribution in [1.82, 2.24) is 0 Å². The van der Waals surface area contributed by atoms with Crippen molar-refractivity contribution in [3.63, 3.8) is 0 Å². The lowest BCUT2D eigenvalue weighted by Crippen LogP contribution is -2.32. The molecule has 1 aromatic carbocycles.